The Hall–Kier alpha value is -4.32. The topological polar surface area (TPSA) is 125 Å². The van der Waals surface area contributed by atoms with E-state index in [-0.39, 0.29) is 17.8 Å². The standard InChI is InChI=1S/C22H19F2N7O3/c1-15(22(32,12-29-14-25-13-28-29)20-7-3-17(23)8-21(20)24)30-11-16(9-27-30)2-4-18-5-6-19(10-26-18)31(33)34/h2-11,13-15,32H,12H2,1H3. The van der Waals surface area contributed by atoms with Gasteiger partial charge in [0.05, 0.1) is 29.4 Å². The second-order valence-electron chi connectivity index (χ2n) is 7.60. The van der Waals surface area contributed by atoms with Gasteiger partial charge in [-0.3, -0.25) is 14.8 Å². The molecule has 4 aromatic rings. The quantitative estimate of drug-likeness (QED) is 0.311. The summed E-state index contributed by atoms with van der Waals surface area (Å²) in [5.41, 5.74) is -0.923. The molecule has 174 valence electrons. The van der Waals surface area contributed by atoms with Gasteiger partial charge in [-0.1, -0.05) is 6.07 Å². The SMILES string of the molecule is CC(n1cc(C=Cc2ccc([N+](=O)[O-])cn2)cn1)C(O)(Cn1cncn1)c1ccc(F)cc1F. The van der Waals surface area contributed by atoms with Gasteiger partial charge in [-0.05, 0) is 31.2 Å². The molecular weight excluding hydrogens is 448 g/mol. The predicted octanol–water partition coefficient (Wildman–Crippen LogP) is 3.38. The van der Waals surface area contributed by atoms with Crippen molar-refractivity contribution in [3.63, 3.8) is 0 Å². The highest BCUT2D eigenvalue weighted by Gasteiger charge is 2.40. The van der Waals surface area contributed by atoms with E-state index < -0.39 is 28.2 Å². The number of halogens is 2. The summed E-state index contributed by atoms with van der Waals surface area (Å²) in [6, 6.07) is 5.05. The second kappa shape index (κ2) is 9.27. The average molecular weight is 467 g/mol. The van der Waals surface area contributed by atoms with Crippen molar-refractivity contribution < 1.29 is 18.8 Å². The van der Waals surface area contributed by atoms with Crippen LogP contribution in [-0.2, 0) is 12.1 Å². The maximum Gasteiger partial charge on any atom is 0.287 e. The first-order valence-electron chi connectivity index (χ1n) is 10.1. The van der Waals surface area contributed by atoms with Crippen LogP contribution in [0.5, 0.6) is 0 Å². The molecule has 2 unspecified atom stereocenters. The van der Waals surface area contributed by atoms with Gasteiger partial charge in [0.1, 0.15) is 36.1 Å². The van der Waals surface area contributed by atoms with Gasteiger partial charge in [-0.25, -0.2) is 23.4 Å². The van der Waals surface area contributed by atoms with Crippen LogP contribution in [0, 0.1) is 21.7 Å². The second-order valence-corrected chi connectivity index (χ2v) is 7.60. The normalized spacial score (nSPS) is 14.2. The zero-order chi connectivity index (χ0) is 24.3. The van der Waals surface area contributed by atoms with Crippen LogP contribution in [0.3, 0.4) is 0 Å². The molecule has 0 aliphatic heterocycles. The number of hydrogen-bond acceptors (Lipinski definition) is 7. The number of aliphatic hydroxyl groups is 1. The Morgan fingerprint density at radius 3 is 2.68 bits per heavy atom. The lowest BCUT2D eigenvalue weighted by Gasteiger charge is -2.34. The van der Waals surface area contributed by atoms with Crippen molar-refractivity contribution in [2.24, 2.45) is 0 Å². The zero-order valence-electron chi connectivity index (χ0n) is 17.9. The third-order valence-electron chi connectivity index (χ3n) is 5.40. The lowest BCUT2D eigenvalue weighted by Crippen LogP contribution is -2.40. The monoisotopic (exact) mass is 467 g/mol. The smallest absolute Gasteiger partial charge is 0.287 e. The average Bonchev–Trinajstić information content (AvgIpc) is 3.49. The highest BCUT2D eigenvalue weighted by molar-refractivity contribution is 5.67. The van der Waals surface area contributed by atoms with Gasteiger partial charge < -0.3 is 5.11 Å². The van der Waals surface area contributed by atoms with E-state index in [4.69, 9.17) is 0 Å². The number of nitro groups is 1. The van der Waals surface area contributed by atoms with Crippen molar-refractivity contribution in [2.75, 3.05) is 0 Å². The van der Waals surface area contributed by atoms with Crippen LogP contribution in [0.2, 0.25) is 0 Å². The summed E-state index contributed by atoms with van der Waals surface area (Å²) in [5.74, 6) is -1.66. The Labute approximate surface area is 192 Å². The highest BCUT2D eigenvalue weighted by atomic mass is 19.1. The Bertz CT molecular complexity index is 1320. The van der Waals surface area contributed by atoms with Crippen molar-refractivity contribution in [3.05, 3.63) is 100 Å². The first kappa shape index (κ1) is 22.9. The van der Waals surface area contributed by atoms with Crippen LogP contribution in [-0.4, -0.2) is 39.6 Å². The van der Waals surface area contributed by atoms with Crippen LogP contribution >= 0.6 is 0 Å². The van der Waals surface area contributed by atoms with Gasteiger partial charge in [0.25, 0.3) is 5.69 Å². The number of pyridine rings is 1. The van der Waals surface area contributed by atoms with E-state index in [1.807, 2.05) is 0 Å². The van der Waals surface area contributed by atoms with Crippen LogP contribution < -0.4 is 0 Å². The van der Waals surface area contributed by atoms with E-state index >= 15 is 0 Å². The minimum atomic E-state index is -1.85. The van der Waals surface area contributed by atoms with Crippen molar-refractivity contribution in [1.29, 1.82) is 0 Å². The first-order valence-corrected chi connectivity index (χ1v) is 10.1. The van der Waals surface area contributed by atoms with Crippen LogP contribution in [0.1, 0.15) is 29.8 Å². The molecular formula is C22H19F2N7O3. The Morgan fingerprint density at radius 1 is 1.21 bits per heavy atom. The number of hydrogen-bond donors (Lipinski definition) is 1. The summed E-state index contributed by atoms with van der Waals surface area (Å²) in [6.07, 6.45) is 10.3. The summed E-state index contributed by atoms with van der Waals surface area (Å²) >= 11 is 0. The number of aromatic nitrogens is 6. The van der Waals surface area contributed by atoms with Gasteiger partial charge in [0.15, 0.2) is 0 Å². The van der Waals surface area contributed by atoms with Gasteiger partial charge in [0, 0.05) is 29.5 Å². The van der Waals surface area contributed by atoms with E-state index in [1.165, 1.54) is 46.4 Å². The third kappa shape index (κ3) is 4.71. The zero-order valence-corrected chi connectivity index (χ0v) is 17.9. The molecule has 0 aliphatic carbocycles. The molecule has 0 amide bonds. The molecule has 0 radical (unpaired) electrons. The van der Waals surface area contributed by atoms with E-state index in [2.05, 4.69) is 20.2 Å². The molecule has 0 saturated heterocycles. The van der Waals surface area contributed by atoms with Crippen molar-refractivity contribution in [3.8, 4) is 0 Å². The molecule has 10 nitrogen and oxygen atoms in total. The molecule has 0 fully saturated rings. The van der Waals surface area contributed by atoms with Gasteiger partial charge in [-0.15, -0.1) is 0 Å². The maximum absolute atomic E-state index is 14.7. The van der Waals surface area contributed by atoms with Crippen molar-refractivity contribution in [1.82, 2.24) is 29.5 Å². The van der Waals surface area contributed by atoms with Crippen molar-refractivity contribution in [2.45, 2.75) is 25.1 Å². The largest absolute Gasteiger partial charge is 0.381 e. The third-order valence-corrected chi connectivity index (χ3v) is 5.40. The van der Waals surface area contributed by atoms with E-state index in [0.29, 0.717) is 17.3 Å². The van der Waals surface area contributed by atoms with Crippen LogP contribution in [0.15, 0.2) is 61.6 Å². The molecule has 3 heterocycles. The van der Waals surface area contributed by atoms with E-state index in [0.717, 1.165) is 12.3 Å². The number of rotatable bonds is 8. The van der Waals surface area contributed by atoms with Crippen LogP contribution in [0.4, 0.5) is 14.5 Å². The fourth-order valence-corrected chi connectivity index (χ4v) is 3.50. The Kier molecular flexibility index (Phi) is 6.23. The lowest BCUT2D eigenvalue weighted by molar-refractivity contribution is -0.385. The summed E-state index contributed by atoms with van der Waals surface area (Å²) in [7, 11) is 0. The van der Waals surface area contributed by atoms with Gasteiger partial charge in [0.2, 0.25) is 0 Å². The molecule has 1 N–H and O–H groups in total. The molecule has 4 rings (SSSR count). The minimum Gasteiger partial charge on any atom is -0.381 e. The van der Waals surface area contributed by atoms with E-state index in [1.54, 1.807) is 25.3 Å². The molecule has 1 aromatic carbocycles. The maximum atomic E-state index is 14.7. The summed E-state index contributed by atoms with van der Waals surface area (Å²) in [4.78, 5) is 18.1. The minimum absolute atomic E-state index is 0.112. The first-order chi connectivity index (χ1) is 16.3. The lowest BCUT2D eigenvalue weighted by atomic mass is 9.86. The molecule has 3 aromatic heterocycles. The number of nitrogens with zero attached hydrogens (tertiary/aromatic N) is 7. The molecule has 0 bridgehead atoms. The molecule has 0 spiro atoms. The molecule has 12 heteroatoms. The summed E-state index contributed by atoms with van der Waals surface area (Å²) in [5, 5.41) is 30.7. The molecule has 34 heavy (non-hydrogen) atoms. The van der Waals surface area contributed by atoms with Crippen LogP contribution in [0.25, 0.3) is 12.2 Å². The summed E-state index contributed by atoms with van der Waals surface area (Å²) in [6.45, 7) is 1.49. The number of benzene rings is 1. The molecule has 0 saturated carbocycles. The Morgan fingerprint density at radius 2 is 2.03 bits per heavy atom. The highest BCUT2D eigenvalue weighted by Crippen LogP contribution is 2.36. The Balaban J connectivity index is 1.62. The molecule has 2 atom stereocenters. The fourth-order valence-electron chi connectivity index (χ4n) is 3.50. The van der Waals surface area contributed by atoms with Crippen molar-refractivity contribution >= 4 is 17.8 Å². The summed E-state index contributed by atoms with van der Waals surface area (Å²) < 4.78 is 31.0. The van der Waals surface area contributed by atoms with Gasteiger partial charge in [-0.2, -0.15) is 10.2 Å². The predicted molar refractivity (Wildman–Crippen MR) is 117 cm³/mol. The molecule has 0 aliphatic rings. The van der Waals surface area contributed by atoms with Gasteiger partial charge >= 0.3 is 0 Å². The fraction of sp³-hybridized carbons (Fsp3) is 0.182. The van der Waals surface area contributed by atoms with E-state index in [9.17, 15) is 24.0 Å².